The summed E-state index contributed by atoms with van der Waals surface area (Å²) >= 11 is 12.5. The summed E-state index contributed by atoms with van der Waals surface area (Å²) in [6, 6.07) is 5.75. The Labute approximate surface area is 135 Å². The summed E-state index contributed by atoms with van der Waals surface area (Å²) in [5, 5.41) is 4.20. The normalized spacial score (nSPS) is 10.6. The molecule has 2 aromatic rings. The second-order valence-electron chi connectivity index (χ2n) is 4.82. The van der Waals surface area contributed by atoms with Crippen LogP contribution in [0.25, 0.3) is 11.3 Å². The summed E-state index contributed by atoms with van der Waals surface area (Å²) in [4.78, 5) is 4.57. The van der Waals surface area contributed by atoms with Crippen molar-refractivity contribution in [3.8, 4) is 17.0 Å². The third-order valence-electron chi connectivity index (χ3n) is 3.27. The van der Waals surface area contributed by atoms with Gasteiger partial charge in [0, 0.05) is 12.1 Å². The summed E-state index contributed by atoms with van der Waals surface area (Å²) in [5.74, 6) is 1.50. The molecule has 3 nitrogen and oxygen atoms in total. The maximum Gasteiger partial charge on any atom is 0.145 e. The highest BCUT2D eigenvalue weighted by Crippen LogP contribution is 2.36. The Morgan fingerprint density at radius 1 is 1.10 bits per heavy atom. The van der Waals surface area contributed by atoms with E-state index in [-0.39, 0.29) is 0 Å². The number of nitrogens with zero attached hydrogens (tertiary/aromatic N) is 1. The van der Waals surface area contributed by atoms with Gasteiger partial charge in [0.15, 0.2) is 0 Å². The van der Waals surface area contributed by atoms with Gasteiger partial charge < -0.3 is 10.1 Å². The van der Waals surface area contributed by atoms with Gasteiger partial charge >= 0.3 is 0 Å². The van der Waals surface area contributed by atoms with Crippen LogP contribution in [0.3, 0.4) is 0 Å². The van der Waals surface area contributed by atoms with Crippen LogP contribution >= 0.6 is 23.2 Å². The minimum Gasteiger partial charge on any atom is -0.496 e. The van der Waals surface area contributed by atoms with Crippen LogP contribution in [0.4, 0.5) is 5.82 Å². The van der Waals surface area contributed by atoms with Gasteiger partial charge in [0.05, 0.1) is 22.8 Å². The van der Waals surface area contributed by atoms with Crippen molar-refractivity contribution in [2.75, 3.05) is 19.0 Å². The largest absolute Gasteiger partial charge is 0.496 e. The van der Waals surface area contributed by atoms with E-state index in [1.165, 1.54) is 0 Å². The molecule has 0 aliphatic carbocycles. The van der Waals surface area contributed by atoms with Crippen LogP contribution in [0, 0.1) is 13.8 Å². The molecule has 2 rings (SSSR count). The number of hydrogen-bond acceptors (Lipinski definition) is 3. The molecular weight excluding hydrogens is 307 g/mol. The Morgan fingerprint density at radius 3 is 2.43 bits per heavy atom. The highest BCUT2D eigenvalue weighted by atomic mass is 35.5. The molecule has 0 unspecified atom stereocenters. The Balaban J connectivity index is 2.61. The molecule has 0 amide bonds. The number of ether oxygens (including phenoxy) is 1. The van der Waals surface area contributed by atoms with Crippen LogP contribution in [0.1, 0.15) is 18.1 Å². The van der Waals surface area contributed by atoms with Gasteiger partial charge in [-0.05, 0) is 50.1 Å². The third-order valence-corrected chi connectivity index (χ3v) is 3.85. The summed E-state index contributed by atoms with van der Waals surface area (Å²) in [6.45, 7) is 6.75. The molecule has 1 aromatic heterocycles. The van der Waals surface area contributed by atoms with E-state index in [2.05, 4.69) is 10.3 Å². The van der Waals surface area contributed by atoms with E-state index in [9.17, 15) is 0 Å². The van der Waals surface area contributed by atoms with Crippen molar-refractivity contribution < 1.29 is 4.74 Å². The Hall–Kier alpha value is -1.45. The first-order chi connectivity index (χ1) is 9.97. The summed E-state index contributed by atoms with van der Waals surface area (Å²) in [6.07, 6.45) is 0. The number of pyridine rings is 1. The van der Waals surface area contributed by atoms with Crippen molar-refractivity contribution in [2.24, 2.45) is 0 Å². The minimum atomic E-state index is 0.522. The van der Waals surface area contributed by atoms with E-state index in [4.69, 9.17) is 27.9 Å². The third kappa shape index (κ3) is 3.25. The van der Waals surface area contributed by atoms with Gasteiger partial charge in [-0.3, -0.25) is 0 Å². The van der Waals surface area contributed by atoms with Gasteiger partial charge in [-0.2, -0.15) is 0 Å². The first-order valence-electron chi connectivity index (χ1n) is 6.73. The molecule has 0 atom stereocenters. The SMILES string of the molecule is CCNc1nc(-c2cc(C)c(OC)cc2C)c(Cl)cc1Cl. The first-order valence-corrected chi connectivity index (χ1v) is 7.49. The van der Waals surface area contributed by atoms with E-state index < -0.39 is 0 Å². The molecule has 0 aliphatic rings. The average molecular weight is 325 g/mol. The van der Waals surface area contributed by atoms with Crippen molar-refractivity contribution in [3.63, 3.8) is 0 Å². The average Bonchev–Trinajstić information content (AvgIpc) is 2.44. The molecule has 21 heavy (non-hydrogen) atoms. The number of nitrogens with one attached hydrogen (secondary N) is 1. The molecule has 1 N–H and O–H groups in total. The monoisotopic (exact) mass is 324 g/mol. The molecule has 1 heterocycles. The molecule has 0 bridgehead atoms. The summed E-state index contributed by atoms with van der Waals surface area (Å²) < 4.78 is 5.34. The van der Waals surface area contributed by atoms with Crippen LogP contribution in [0.2, 0.25) is 10.0 Å². The summed E-state index contributed by atoms with van der Waals surface area (Å²) in [7, 11) is 1.66. The molecular formula is C16H18Cl2N2O. The molecule has 0 saturated heterocycles. The van der Waals surface area contributed by atoms with Crippen LogP contribution in [-0.2, 0) is 0 Å². The van der Waals surface area contributed by atoms with Gasteiger partial charge in [0.2, 0.25) is 0 Å². The van der Waals surface area contributed by atoms with Crippen LogP contribution in [0.15, 0.2) is 18.2 Å². The molecule has 1 aromatic carbocycles. The van der Waals surface area contributed by atoms with Crippen molar-refractivity contribution in [2.45, 2.75) is 20.8 Å². The molecule has 0 spiro atoms. The topological polar surface area (TPSA) is 34.2 Å². The van der Waals surface area contributed by atoms with E-state index in [1.54, 1.807) is 13.2 Å². The van der Waals surface area contributed by atoms with Gasteiger partial charge in [-0.15, -0.1) is 0 Å². The predicted molar refractivity (Wildman–Crippen MR) is 89.9 cm³/mol. The lowest BCUT2D eigenvalue weighted by Gasteiger charge is -2.14. The molecule has 0 aliphatic heterocycles. The van der Waals surface area contributed by atoms with Gasteiger partial charge in [0.25, 0.3) is 0 Å². The highest BCUT2D eigenvalue weighted by Gasteiger charge is 2.14. The quantitative estimate of drug-likeness (QED) is 0.848. The van der Waals surface area contributed by atoms with E-state index >= 15 is 0 Å². The maximum atomic E-state index is 6.33. The fourth-order valence-electron chi connectivity index (χ4n) is 2.21. The van der Waals surface area contributed by atoms with Crippen molar-refractivity contribution >= 4 is 29.0 Å². The number of anilines is 1. The number of rotatable bonds is 4. The number of benzene rings is 1. The van der Waals surface area contributed by atoms with Crippen LogP contribution in [0.5, 0.6) is 5.75 Å². The number of hydrogen-bond donors (Lipinski definition) is 1. The van der Waals surface area contributed by atoms with E-state index in [0.29, 0.717) is 15.9 Å². The fraction of sp³-hybridized carbons (Fsp3) is 0.312. The van der Waals surface area contributed by atoms with Crippen molar-refractivity contribution in [3.05, 3.63) is 39.4 Å². The Bertz CT molecular complexity index is 672. The lowest BCUT2D eigenvalue weighted by molar-refractivity contribution is 0.411. The smallest absolute Gasteiger partial charge is 0.145 e. The van der Waals surface area contributed by atoms with E-state index in [1.807, 2.05) is 32.9 Å². The molecule has 0 radical (unpaired) electrons. The lowest BCUT2D eigenvalue weighted by Crippen LogP contribution is -2.02. The van der Waals surface area contributed by atoms with Crippen LogP contribution < -0.4 is 10.1 Å². The highest BCUT2D eigenvalue weighted by molar-refractivity contribution is 6.37. The number of aromatic nitrogens is 1. The zero-order valence-corrected chi connectivity index (χ0v) is 14.1. The fourth-order valence-corrected chi connectivity index (χ4v) is 2.74. The second-order valence-corrected chi connectivity index (χ2v) is 5.63. The molecule has 5 heteroatoms. The Morgan fingerprint density at radius 2 is 1.81 bits per heavy atom. The van der Waals surface area contributed by atoms with Gasteiger partial charge in [0.1, 0.15) is 11.6 Å². The zero-order chi connectivity index (χ0) is 15.6. The van der Waals surface area contributed by atoms with Crippen molar-refractivity contribution in [1.29, 1.82) is 0 Å². The number of methoxy groups -OCH3 is 1. The van der Waals surface area contributed by atoms with Crippen LogP contribution in [-0.4, -0.2) is 18.6 Å². The summed E-state index contributed by atoms with van der Waals surface area (Å²) in [5.41, 5.74) is 3.79. The van der Waals surface area contributed by atoms with Gasteiger partial charge in [-0.1, -0.05) is 23.2 Å². The minimum absolute atomic E-state index is 0.522. The van der Waals surface area contributed by atoms with E-state index in [0.717, 1.165) is 34.7 Å². The molecule has 112 valence electrons. The predicted octanol–water partition coefficient (Wildman–Crippen LogP) is 5.11. The number of halogens is 2. The zero-order valence-electron chi connectivity index (χ0n) is 12.6. The Kier molecular flexibility index (Phi) is 4.96. The molecule has 0 saturated carbocycles. The number of aryl methyl sites for hydroxylation is 2. The molecule has 0 fully saturated rings. The first kappa shape index (κ1) is 15.9. The lowest BCUT2D eigenvalue weighted by atomic mass is 10.0. The second kappa shape index (κ2) is 6.54. The maximum absolute atomic E-state index is 6.33. The van der Waals surface area contributed by atoms with Crippen molar-refractivity contribution in [1.82, 2.24) is 4.98 Å². The standard InChI is InChI=1S/C16H18Cl2N2O/c1-5-19-16-13(18)8-12(17)15(20-16)11-6-10(3)14(21-4)7-9(11)2/h6-8H,5H2,1-4H3,(H,19,20). The van der Waals surface area contributed by atoms with Gasteiger partial charge in [-0.25, -0.2) is 4.98 Å².